The van der Waals surface area contributed by atoms with Gasteiger partial charge in [-0.05, 0) is 47.7 Å². The number of carbonyl (C=O) groups is 1. The van der Waals surface area contributed by atoms with Crippen LogP contribution in [0.5, 0.6) is 0 Å². The van der Waals surface area contributed by atoms with Crippen LogP contribution < -0.4 is 0 Å². The number of hydrogen-bond donors (Lipinski definition) is 0. The van der Waals surface area contributed by atoms with E-state index in [4.69, 9.17) is 4.74 Å². The molecule has 25 heavy (non-hydrogen) atoms. The molecule has 7 heteroatoms. The second-order valence-electron chi connectivity index (χ2n) is 6.90. The Labute approximate surface area is 147 Å². The Morgan fingerprint density at radius 2 is 2.04 bits per heavy atom. The lowest BCUT2D eigenvalue weighted by molar-refractivity contribution is -0.146. The molecule has 0 bridgehead atoms. The highest BCUT2D eigenvalue weighted by molar-refractivity contribution is 5.76. The van der Waals surface area contributed by atoms with Crippen LogP contribution in [-0.4, -0.2) is 50.3 Å². The van der Waals surface area contributed by atoms with Crippen molar-refractivity contribution in [1.82, 2.24) is 25.1 Å². The summed E-state index contributed by atoms with van der Waals surface area (Å²) in [5.74, 6) is 1.18. The quantitative estimate of drug-likeness (QED) is 0.792. The number of carbonyl (C=O) groups excluding carboxylic acids is 1. The van der Waals surface area contributed by atoms with E-state index in [9.17, 15) is 4.79 Å². The topological polar surface area (TPSA) is 73.1 Å². The Kier molecular flexibility index (Phi) is 4.48. The van der Waals surface area contributed by atoms with Crippen molar-refractivity contribution in [3.63, 3.8) is 0 Å². The van der Waals surface area contributed by atoms with Crippen LogP contribution in [0.1, 0.15) is 37.9 Å². The first-order valence-electron chi connectivity index (χ1n) is 8.94. The van der Waals surface area contributed by atoms with Gasteiger partial charge in [-0.25, -0.2) is 0 Å². The zero-order chi connectivity index (χ0) is 17.2. The van der Waals surface area contributed by atoms with Crippen LogP contribution in [0, 0.1) is 5.92 Å². The number of nitrogens with zero attached hydrogens (tertiary/aromatic N) is 5. The van der Waals surface area contributed by atoms with Gasteiger partial charge in [0.05, 0.1) is 19.3 Å². The van der Waals surface area contributed by atoms with Gasteiger partial charge in [0.15, 0.2) is 5.82 Å². The van der Waals surface area contributed by atoms with Crippen molar-refractivity contribution in [3.05, 3.63) is 36.2 Å². The van der Waals surface area contributed by atoms with Crippen LogP contribution in [0.25, 0.3) is 5.69 Å². The monoisotopic (exact) mass is 341 g/mol. The maximum atomic E-state index is 12.3. The average Bonchev–Trinajstić information content (AvgIpc) is 3.27. The van der Waals surface area contributed by atoms with Crippen molar-refractivity contribution < 1.29 is 9.53 Å². The standard InChI is InChI=1S/C18H23N5O2/c1-25-18(24)16-11-13-7-5-6-10-15(13)22(16)12-17-19-20-21-23(17)14-8-3-2-4-9-14/h2-4,8-9,13,15-16H,5-7,10-12H2,1H3. The fourth-order valence-electron chi connectivity index (χ4n) is 4.39. The van der Waals surface area contributed by atoms with Crippen molar-refractivity contribution in [3.8, 4) is 5.69 Å². The first kappa shape index (κ1) is 16.2. The predicted molar refractivity (Wildman–Crippen MR) is 90.9 cm³/mol. The van der Waals surface area contributed by atoms with Gasteiger partial charge >= 0.3 is 5.97 Å². The first-order chi connectivity index (χ1) is 12.3. The SMILES string of the molecule is COC(=O)C1CC2CCCCC2N1Cc1nnnn1-c1ccccc1. The normalized spacial score (nSPS) is 26.4. The van der Waals surface area contributed by atoms with Gasteiger partial charge in [-0.2, -0.15) is 4.68 Å². The van der Waals surface area contributed by atoms with Crippen LogP contribution in [0.3, 0.4) is 0 Å². The van der Waals surface area contributed by atoms with Gasteiger partial charge in [0.25, 0.3) is 0 Å². The molecule has 0 spiro atoms. The van der Waals surface area contributed by atoms with E-state index < -0.39 is 0 Å². The molecular formula is C18H23N5O2. The first-order valence-corrected chi connectivity index (χ1v) is 8.94. The molecule has 1 saturated carbocycles. The number of tetrazole rings is 1. The van der Waals surface area contributed by atoms with Gasteiger partial charge in [0, 0.05) is 6.04 Å². The van der Waals surface area contributed by atoms with Crippen molar-refractivity contribution in [2.45, 2.75) is 50.7 Å². The molecule has 7 nitrogen and oxygen atoms in total. The number of esters is 1. The van der Waals surface area contributed by atoms with E-state index >= 15 is 0 Å². The minimum atomic E-state index is -0.195. The molecule has 132 valence electrons. The summed E-state index contributed by atoms with van der Waals surface area (Å²) in [6.07, 6.45) is 5.67. The second kappa shape index (κ2) is 6.92. The molecule has 0 N–H and O–H groups in total. The van der Waals surface area contributed by atoms with Crippen molar-refractivity contribution in [1.29, 1.82) is 0 Å². The van der Waals surface area contributed by atoms with E-state index in [0.29, 0.717) is 18.5 Å². The van der Waals surface area contributed by atoms with Crippen LogP contribution in [0.15, 0.2) is 30.3 Å². The van der Waals surface area contributed by atoms with E-state index in [1.807, 2.05) is 30.3 Å². The van der Waals surface area contributed by atoms with E-state index in [1.54, 1.807) is 4.68 Å². The Morgan fingerprint density at radius 3 is 2.84 bits per heavy atom. The smallest absolute Gasteiger partial charge is 0.323 e. The lowest BCUT2D eigenvalue weighted by atomic mass is 9.85. The third-order valence-electron chi connectivity index (χ3n) is 5.55. The number of likely N-dealkylation sites (tertiary alicyclic amines) is 1. The van der Waals surface area contributed by atoms with E-state index in [0.717, 1.165) is 24.4 Å². The molecule has 0 radical (unpaired) electrons. The van der Waals surface area contributed by atoms with Crippen molar-refractivity contribution in [2.24, 2.45) is 5.92 Å². The Morgan fingerprint density at radius 1 is 1.24 bits per heavy atom. The molecule has 2 fully saturated rings. The van der Waals surface area contributed by atoms with Gasteiger partial charge in [-0.15, -0.1) is 5.10 Å². The largest absolute Gasteiger partial charge is 0.468 e. The summed E-state index contributed by atoms with van der Waals surface area (Å²) in [4.78, 5) is 14.6. The Balaban J connectivity index is 1.62. The molecule has 1 aliphatic heterocycles. The zero-order valence-electron chi connectivity index (χ0n) is 14.4. The Hall–Kier alpha value is -2.28. The van der Waals surface area contributed by atoms with E-state index in [1.165, 1.54) is 26.4 Å². The molecule has 2 aromatic rings. The summed E-state index contributed by atoms with van der Waals surface area (Å²) in [5.41, 5.74) is 0.927. The fourth-order valence-corrected chi connectivity index (χ4v) is 4.39. The molecule has 3 atom stereocenters. The highest BCUT2D eigenvalue weighted by Crippen LogP contribution is 2.40. The molecule has 4 rings (SSSR count). The molecule has 0 amide bonds. The zero-order valence-corrected chi connectivity index (χ0v) is 14.4. The minimum absolute atomic E-state index is 0.145. The van der Waals surface area contributed by atoms with Crippen LogP contribution >= 0.6 is 0 Å². The number of aromatic nitrogens is 4. The summed E-state index contributed by atoms with van der Waals surface area (Å²) < 4.78 is 6.82. The molecule has 1 aliphatic carbocycles. The number of ether oxygens (including phenoxy) is 1. The molecule has 2 heterocycles. The molecule has 1 aromatic carbocycles. The van der Waals surface area contributed by atoms with Crippen LogP contribution in [0.4, 0.5) is 0 Å². The average molecular weight is 341 g/mol. The van der Waals surface area contributed by atoms with Crippen molar-refractivity contribution >= 4 is 5.97 Å². The van der Waals surface area contributed by atoms with Gasteiger partial charge in [0.2, 0.25) is 0 Å². The fraction of sp³-hybridized carbons (Fsp3) is 0.556. The number of benzene rings is 1. The molecule has 3 unspecified atom stereocenters. The summed E-state index contributed by atoms with van der Waals surface area (Å²) in [6, 6.07) is 10.1. The van der Waals surface area contributed by atoms with Crippen molar-refractivity contribution in [2.75, 3.05) is 7.11 Å². The summed E-state index contributed by atoms with van der Waals surface area (Å²) in [5, 5.41) is 12.2. The lowest BCUT2D eigenvalue weighted by Crippen LogP contribution is -2.42. The maximum Gasteiger partial charge on any atom is 0.323 e. The second-order valence-corrected chi connectivity index (χ2v) is 6.90. The maximum absolute atomic E-state index is 12.3. The van der Waals surface area contributed by atoms with Gasteiger partial charge in [-0.3, -0.25) is 9.69 Å². The van der Waals surface area contributed by atoms with Crippen LogP contribution in [0.2, 0.25) is 0 Å². The minimum Gasteiger partial charge on any atom is -0.468 e. The summed E-state index contributed by atoms with van der Waals surface area (Å²) in [6.45, 7) is 0.558. The van der Waals surface area contributed by atoms with Gasteiger partial charge < -0.3 is 4.74 Å². The number of hydrogen-bond acceptors (Lipinski definition) is 6. The number of para-hydroxylation sites is 1. The summed E-state index contributed by atoms with van der Waals surface area (Å²) in [7, 11) is 1.47. The van der Waals surface area contributed by atoms with Gasteiger partial charge in [0.1, 0.15) is 6.04 Å². The number of methoxy groups -OCH3 is 1. The third kappa shape index (κ3) is 3.04. The Bertz CT molecular complexity index is 732. The van der Waals surface area contributed by atoms with Gasteiger partial charge in [-0.1, -0.05) is 31.0 Å². The lowest BCUT2D eigenvalue weighted by Gasteiger charge is -2.32. The number of rotatable bonds is 4. The predicted octanol–water partition coefficient (Wildman–Crippen LogP) is 1.97. The third-order valence-corrected chi connectivity index (χ3v) is 5.55. The van der Waals surface area contributed by atoms with E-state index in [2.05, 4.69) is 20.4 Å². The van der Waals surface area contributed by atoms with E-state index in [-0.39, 0.29) is 12.0 Å². The number of fused-ring (bicyclic) bond motifs is 1. The van der Waals surface area contributed by atoms with Crippen LogP contribution in [-0.2, 0) is 16.1 Å². The highest BCUT2D eigenvalue weighted by atomic mass is 16.5. The molecule has 1 saturated heterocycles. The molecule has 1 aromatic heterocycles. The molecule has 2 aliphatic rings. The highest BCUT2D eigenvalue weighted by Gasteiger charge is 2.46. The summed E-state index contributed by atoms with van der Waals surface area (Å²) >= 11 is 0. The molecular weight excluding hydrogens is 318 g/mol.